The Morgan fingerprint density at radius 3 is 2.11 bits per heavy atom. The number of amides is 1. The van der Waals surface area contributed by atoms with Gasteiger partial charge in [-0.25, -0.2) is 13.6 Å². The van der Waals surface area contributed by atoms with Gasteiger partial charge in [0.25, 0.3) is 0 Å². The van der Waals surface area contributed by atoms with Gasteiger partial charge in [-0.1, -0.05) is 78.9 Å². The summed E-state index contributed by atoms with van der Waals surface area (Å²) in [6.07, 6.45) is 2.46. The van der Waals surface area contributed by atoms with Gasteiger partial charge in [0, 0.05) is 18.2 Å². The van der Waals surface area contributed by atoms with Crippen molar-refractivity contribution in [2.24, 2.45) is 11.1 Å². The van der Waals surface area contributed by atoms with E-state index in [9.17, 15) is 18.0 Å². The summed E-state index contributed by atoms with van der Waals surface area (Å²) in [5.41, 5.74) is 3.09. The minimum Gasteiger partial charge on any atom is -0.468 e. The first-order chi connectivity index (χ1) is 16.8. The highest BCUT2D eigenvalue weighted by atomic mass is 32.2. The molecule has 1 aliphatic heterocycles. The van der Waals surface area contributed by atoms with Crippen molar-refractivity contribution in [1.82, 2.24) is 4.90 Å². The highest BCUT2D eigenvalue weighted by Gasteiger charge is 2.43. The van der Waals surface area contributed by atoms with Crippen molar-refractivity contribution in [3.8, 4) is 0 Å². The molecule has 7 nitrogen and oxygen atoms in total. The SMILES string of the molecule is COC(=O)C1C(=O)N(CCc2ccccc2)C(c2ccc(S(N)(=O)=O)cc2)=CC1c1ccccc1. The van der Waals surface area contributed by atoms with Crippen molar-refractivity contribution in [2.45, 2.75) is 17.2 Å². The van der Waals surface area contributed by atoms with Crippen LogP contribution in [-0.4, -0.2) is 38.8 Å². The van der Waals surface area contributed by atoms with Crippen LogP contribution in [-0.2, 0) is 30.8 Å². The van der Waals surface area contributed by atoms with Crippen molar-refractivity contribution < 1.29 is 22.7 Å². The average Bonchev–Trinajstić information content (AvgIpc) is 2.87. The number of rotatable bonds is 7. The standard InChI is InChI=1S/C27H26N2O5S/c1-34-27(31)25-23(20-10-6-3-7-11-20)18-24(21-12-14-22(15-13-21)35(28,32)33)29(26(25)30)17-16-19-8-4-2-5-9-19/h2-15,18,23,25H,16-17H2,1H3,(H2,28,32,33). The van der Waals surface area contributed by atoms with Crippen LogP contribution >= 0.6 is 0 Å². The molecule has 3 aromatic rings. The number of carbonyl (C=O) groups excluding carboxylic acids is 2. The van der Waals surface area contributed by atoms with Crippen LogP contribution < -0.4 is 5.14 Å². The van der Waals surface area contributed by atoms with E-state index in [1.807, 2.05) is 66.7 Å². The number of ether oxygens (including phenoxy) is 1. The lowest BCUT2D eigenvalue weighted by Gasteiger charge is -2.37. The van der Waals surface area contributed by atoms with E-state index in [2.05, 4.69) is 0 Å². The number of carbonyl (C=O) groups is 2. The van der Waals surface area contributed by atoms with Gasteiger partial charge in [-0.05, 0) is 35.2 Å². The number of hydrogen-bond donors (Lipinski definition) is 1. The predicted molar refractivity (Wildman–Crippen MR) is 132 cm³/mol. The smallest absolute Gasteiger partial charge is 0.319 e. The Balaban J connectivity index is 1.81. The number of benzene rings is 3. The third-order valence-corrected chi connectivity index (χ3v) is 7.03. The zero-order valence-electron chi connectivity index (χ0n) is 19.2. The molecule has 8 heteroatoms. The van der Waals surface area contributed by atoms with Crippen LogP contribution in [0.2, 0.25) is 0 Å². The molecule has 0 fully saturated rings. The van der Waals surface area contributed by atoms with Crippen LogP contribution in [0.1, 0.15) is 22.6 Å². The topological polar surface area (TPSA) is 107 Å². The Morgan fingerprint density at radius 1 is 0.943 bits per heavy atom. The molecule has 0 aromatic heterocycles. The molecule has 2 unspecified atom stereocenters. The lowest BCUT2D eigenvalue weighted by atomic mass is 9.80. The fourth-order valence-electron chi connectivity index (χ4n) is 4.32. The molecule has 2 atom stereocenters. The van der Waals surface area contributed by atoms with Crippen LogP contribution in [0.4, 0.5) is 0 Å². The van der Waals surface area contributed by atoms with E-state index in [-0.39, 0.29) is 10.8 Å². The maximum Gasteiger partial charge on any atom is 0.319 e. The van der Waals surface area contributed by atoms with Crippen LogP contribution in [0.5, 0.6) is 0 Å². The number of methoxy groups -OCH3 is 1. The van der Waals surface area contributed by atoms with E-state index in [1.165, 1.54) is 19.2 Å². The van der Waals surface area contributed by atoms with Crippen molar-refractivity contribution >= 4 is 27.6 Å². The van der Waals surface area contributed by atoms with Gasteiger partial charge >= 0.3 is 5.97 Å². The summed E-state index contributed by atoms with van der Waals surface area (Å²) >= 11 is 0. The first-order valence-electron chi connectivity index (χ1n) is 11.1. The fraction of sp³-hybridized carbons (Fsp3) is 0.185. The molecule has 3 aromatic carbocycles. The molecule has 0 bridgehead atoms. The molecular weight excluding hydrogens is 464 g/mol. The monoisotopic (exact) mass is 490 g/mol. The Bertz CT molecular complexity index is 1340. The molecule has 0 saturated carbocycles. The molecule has 1 heterocycles. The first kappa shape index (κ1) is 24.4. The summed E-state index contributed by atoms with van der Waals surface area (Å²) in [5, 5.41) is 5.25. The second-order valence-corrected chi connectivity index (χ2v) is 9.85. The Morgan fingerprint density at radius 2 is 1.54 bits per heavy atom. The quantitative estimate of drug-likeness (QED) is 0.404. The van der Waals surface area contributed by atoms with Crippen molar-refractivity contribution in [1.29, 1.82) is 0 Å². The van der Waals surface area contributed by atoms with E-state index in [0.29, 0.717) is 24.2 Å². The Labute approximate surface area is 204 Å². The van der Waals surface area contributed by atoms with E-state index in [4.69, 9.17) is 9.88 Å². The van der Waals surface area contributed by atoms with Crippen LogP contribution in [0.3, 0.4) is 0 Å². The first-order valence-corrected chi connectivity index (χ1v) is 12.7. The number of nitrogens with zero attached hydrogens (tertiary/aromatic N) is 1. The summed E-state index contributed by atoms with van der Waals surface area (Å²) in [6.45, 7) is 0.334. The summed E-state index contributed by atoms with van der Waals surface area (Å²) < 4.78 is 28.5. The number of hydrogen-bond acceptors (Lipinski definition) is 5. The summed E-state index contributed by atoms with van der Waals surface area (Å²) in [5.74, 6) is -2.55. The summed E-state index contributed by atoms with van der Waals surface area (Å²) in [7, 11) is -2.58. The van der Waals surface area contributed by atoms with Gasteiger partial charge in [0.1, 0.15) is 5.92 Å². The summed E-state index contributed by atoms with van der Waals surface area (Å²) in [4.78, 5) is 28.2. The zero-order chi connectivity index (χ0) is 25.0. The van der Waals surface area contributed by atoms with Crippen molar-refractivity contribution in [3.63, 3.8) is 0 Å². The third kappa shape index (κ3) is 5.34. The van der Waals surface area contributed by atoms with Crippen LogP contribution in [0, 0.1) is 5.92 Å². The molecule has 1 aliphatic rings. The van der Waals surface area contributed by atoms with E-state index < -0.39 is 27.8 Å². The van der Waals surface area contributed by atoms with Gasteiger partial charge in [-0.15, -0.1) is 0 Å². The van der Waals surface area contributed by atoms with Crippen molar-refractivity contribution in [3.05, 3.63) is 108 Å². The van der Waals surface area contributed by atoms with E-state index in [1.54, 1.807) is 17.0 Å². The molecule has 35 heavy (non-hydrogen) atoms. The van der Waals surface area contributed by atoms with Gasteiger partial charge < -0.3 is 9.64 Å². The number of sulfonamides is 1. The van der Waals surface area contributed by atoms with Gasteiger partial charge in [0.2, 0.25) is 15.9 Å². The van der Waals surface area contributed by atoms with Crippen LogP contribution in [0.15, 0.2) is 95.9 Å². The normalized spacial score (nSPS) is 18.2. The maximum absolute atomic E-state index is 13.8. The molecular formula is C27H26N2O5S. The highest BCUT2D eigenvalue weighted by Crippen LogP contribution is 2.39. The van der Waals surface area contributed by atoms with Gasteiger partial charge in [-0.3, -0.25) is 9.59 Å². The lowest BCUT2D eigenvalue weighted by Crippen LogP contribution is -2.45. The maximum atomic E-state index is 13.8. The minimum absolute atomic E-state index is 0.0214. The molecule has 4 rings (SSSR count). The molecule has 0 spiro atoms. The largest absolute Gasteiger partial charge is 0.468 e. The zero-order valence-corrected chi connectivity index (χ0v) is 20.0. The second kappa shape index (κ2) is 10.2. The van der Waals surface area contributed by atoms with Crippen LogP contribution in [0.25, 0.3) is 5.70 Å². The number of allylic oxidation sites excluding steroid dienone is 1. The van der Waals surface area contributed by atoms with Crippen molar-refractivity contribution in [2.75, 3.05) is 13.7 Å². The second-order valence-electron chi connectivity index (χ2n) is 8.28. The Hall–Kier alpha value is -3.75. The molecule has 180 valence electrons. The van der Waals surface area contributed by atoms with E-state index in [0.717, 1.165) is 11.1 Å². The number of primary sulfonamides is 1. The number of nitrogens with two attached hydrogens (primary N) is 1. The molecule has 1 amide bonds. The van der Waals surface area contributed by atoms with Gasteiger partial charge in [0.05, 0.1) is 12.0 Å². The average molecular weight is 491 g/mol. The molecule has 0 radical (unpaired) electrons. The fourth-order valence-corrected chi connectivity index (χ4v) is 4.83. The Kier molecular flexibility index (Phi) is 7.14. The van der Waals surface area contributed by atoms with Gasteiger partial charge in [0.15, 0.2) is 0 Å². The predicted octanol–water partition coefficient (Wildman–Crippen LogP) is 3.33. The highest BCUT2D eigenvalue weighted by molar-refractivity contribution is 7.89. The molecule has 0 saturated heterocycles. The molecule has 2 N–H and O–H groups in total. The lowest BCUT2D eigenvalue weighted by molar-refractivity contribution is -0.153. The molecule has 0 aliphatic carbocycles. The number of esters is 1. The third-order valence-electron chi connectivity index (χ3n) is 6.10. The van der Waals surface area contributed by atoms with E-state index >= 15 is 0 Å². The summed E-state index contributed by atoms with van der Waals surface area (Å²) in [6, 6.07) is 25.1. The van der Waals surface area contributed by atoms with Gasteiger partial charge in [-0.2, -0.15) is 0 Å². The minimum atomic E-state index is -3.86.